The predicted molar refractivity (Wildman–Crippen MR) is 77.4 cm³/mol. The molecule has 0 saturated heterocycles. The Morgan fingerprint density at radius 2 is 1.75 bits per heavy atom. The van der Waals surface area contributed by atoms with E-state index in [1.165, 1.54) is 11.8 Å². The first-order valence-electron chi connectivity index (χ1n) is 6.12. The van der Waals surface area contributed by atoms with E-state index in [2.05, 4.69) is 10.1 Å². The Morgan fingerprint density at radius 3 is 2.55 bits per heavy atom. The fraction of sp³-hybridized carbons (Fsp3) is 0.0667. The smallest absolute Gasteiger partial charge is 0.257 e. The Kier molecular flexibility index (Phi) is 3.69. The van der Waals surface area contributed by atoms with Crippen LogP contribution < -0.4 is 0 Å². The van der Waals surface area contributed by atoms with Crippen LogP contribution in [0.3, 0.4) is 0 Å². The molecule has 0 aliphatic carbocycles. The molecule has 0 aliphatic heterocycles. The monoisotopic (exact) mass is 284 g/mol. The molecular formula is C15H12N2O2S. The van der Waals surface area contributed by atoms with Crippen molar-refractivity contribution in [2.75, 3.05) is 0 Å². The van der Waals surface area contributed by atoms with Gasteiger partial charge in [0.1, 0.15) is 5.75 Å². The molecule has 100 valence electrons. The number of rotatable bonds is 4. The van der Waals surface area contributed by atoms with Gasteiger partial charge in [-0.2, -0.15) is 4.98 Å². The second-order valence-electron chi connectivity index (χ2n) is 4.14. The molecule has 2 aromatic carbocycles. The summed E-state index contributed by atoms with van der Waals surface area (Å²) in [5, 5.41) is 13.6. The molecular weight excluding hydrogens is 272 g/mol. The zero-order chi connectivity index (χ0) is 13.8. The fourth-order valence-electron chi connectivity index (χ4n) is 1.73. The van der Waals surface area contributed by atoms with Crippen LogP contribution >= 0.6 is 11.8 Å². The van der Waals surface area contributed by atoms with Crippen LogP contribution in [0.25, 0.3) is 11.5 Å². The fourth-order valence-corrected chi connectivity index (χ4v) is 2.52. The van der Waals surface area contributed by atoms with E-state index >= 15 is 0 Å². The number of thioether (sulfide) groups is 1. The van der Waals surface area contributed by atoms with E-state index in [9.17, 15) is 5.11 Å². The van der Waals surface area contributed by atoms with Gasteiger partial charge in [0.05, 0.1) is 5.75 Å². The number of aromatic hydroxyl groups is 1. The third-order valence-electron chi connectivity index (χ3n) is 2.71. The standard InChI is InChI=1S/C15H12N2O2S/c18-12-8-4-5-9-13(12)20-10-14-16-15(19-17-14)11-6-2-1-3-7-11/h1-9,18H,10H2. The molecule has 20 heavy (non-hydrogen) atoms. The van der Waals surface area contributed by atoms with Crippen molar-refractivity contribution in [1.29, 1.82) is 0 Å². The molecule has 1 aromatic heterocycles. The molecule has 3 aromatic rings. The molecule has 0 atom stereocenters. The van der Waals surface area contributed by atoms with Gasteiger partial charge in [0, 0.05) is 10.5 Å². The Bertz CT molecular complexity index is 698. The van der Waals surface area contributed by atoms with Gasteiger partial charge in [-0.05, 0) is 24.3 Å². The van der Waals surface area contributed by atoms with Gasteiger partial charge in [0.2, 0.25) is 0 Å². The lowest BCUT2D eigenvalue weighted by molar-refractivity contribution is 0.425. The number of benzene rings is 2. The van der Waals surface area contributed by atoms with Gasteiger partial charge in [-0.3, -0.25) is 0 Å². The summed E-state index contributed by atoms with van der Waals surface area (Å²) in [6.45, 7) is 0. The second kappa shape index (κ2) is 5.79. The maximum absolute atomic E-state index is 9.69. The third kappa shape index (κ3) is 2.83. The van der Waals surface area contributed by atoms with Crippen molar-refractivity contribution in [1.82, 2.24) is 10.1 Å². The summed E-state index contributed by atoms with van der Waals surface area (Å²) in [5.41, 5.74) is 0.902. The normalized spacial score (nSPS) is 10.6. The van der Waals surface area contributed by atoms with Crippen LogP contribution in [0.1, 0.15) is 5.82 Å². The topological polar surface area (TPSA) is 59.2 Å². The Labute approximate surface area is 120 Å². The SMILES string of the molecule is Oc1ccccc1SCc1noc(-c2ccccc2)n1. The van der Waals surface area contributed by atoms with E-state index in [1.807, 2.05) is 42.5 Å². The van der Waals surface area contributed by atoms with Gasteiger partial charge in [-0.1, -0.05) is 35.5 Å². The Hall–Kier alpha value is -2.27. The van der Waals surface area contributed by atoms with Crippen LogP contribution in [0, 0.1) is 0 Å². The van der Waals surface area contributed by atoms with Gasteiger partial charge in [0.25, 0.3) is 5.89 Å². The second-order valence-corrected chi connectivity index (χ2v) is 5.16. The van der Waals surface area contributed by atoms with Gasteiger partial charge >= 0.3 is 0 Å². The predicted octanol–water partition coefficient (Wildman–Crippen LogP) is 3.73. The summed E-state index contributed by atoms with van der Waals surface area (Å²) in [4.78, 5) is 5.15. The zero-order valence-electron chi connectivity index (χ0n) is 10.6. The summed E-state index contributed by atoms with van der Waals surface area (Å²) >= 11 is 1.47. The average molecular weight is 284 g/mol. The minimum atomic E-state index is 0.268. The molecule has 0 saturated carbocycles. The third-order valence-corrected chi connectivity index (χ3v) is 3.77. The Morgan fingerprint density at radius 1 is 1.00 bits per heavy atom. The Balaban J connectivity index is 1.71. The minimum absolute atomic E-state index is 0.268. The first-order chi connectivity index (χ1) is 9.83. The van der Waals surface area contributed by atoms with Gasteiger partial charge < -0.3 is 9.63 Å². The molecule has 0 radical (unpaired) electrons. The lowest BCUT2D eigenvalue weighted by Crippen LogP contribution is -1.84. The van der Waals surface area contributed by atoms with Gasteiger partial charge in [-0.15, -0.1) is 11.8 Å². The van der Waals surface area contributed by atoms with Crippen LogP contribution in [-0.2, 0) is 5.75 Å². The maximum atomic E-state index is 9.69. The highest BCUT2D eigenvalue weighted by atomic mass is 32.2. The van der Waals surface area contributed by atoms with Crippen molar-refractivity contribution in [2.24, 2.45) is 0 Å². The molecule has 0 unspecified atom stereocenters. The number of nitrogens with zero attached hydrogens (tertiary/aromatic N) is 2. The van der Waals surface area contributed by atoms with Crippen LogP contribution in [-0.4, -0.2) is 15.2 Å². The largest absolute Gasteiger partial charge is 0.507 e. The summed E-state index contributed by atoms with van der Waals surface area (Å²) in [6.07, 6.45) is 0. The lowest BCUT2D eigenvalue weighted by atomic mass is 10.2. The highest BCUT2D eigenvalue weighted by Gasteiger charge is 2.09. The van der Waals surface area contributed by atoms with Crippen molar-refractivity contribution in [2.45, 2.75) is 10.6 Å². The molecule has 1 N–H and O–H groups in total. The number of hydrogen-bond acceptors (Lipinski definition) is 5. The van der Waals surface area contributed by atoms with E-state index in [4.69, 9.17) is 4.52 Å². The number of para-hydroxylation sites is 1. The first-order valence-corrected chi connectivity index (χ1v) is 7.10. The highest BCUT2D eigenvalue weighted by Crippen LogP contribution is 2.30. The number of hydrogen-bond donors (Lipinski definition) is 1. The maximum Gasteiger partial charge on any atom is 0.257 e. The molecule has 0 bridgehead atoms. The van der Waals surface area contributed by atoms with E-state index in [0.29, 0.717) is 17.5 Å². The highest BCUT2D eigenvalue weighted by molar-refractivity contribution is 7.98. The molecule has 0 amide bonds. The lowest BCUT2D eigenvalue weighted by Gasteiger charge is -2.00. The summed E-state index contributed by atoms with van der Waals surface area (Å²) in [6, 6.07) is 16.8. The van der Waals surface area contributed by atoms with E-state index in [1.54, 1.807) is 12.1 Å². The van der Waals surface area contributed by atoms with Crippen LogP contribution in [0.5, 0.6) is 5.75 Å². The van der Waals surface area contributed by atoms with Gasteiger partial charge in [-0.25, -0.2) is 0 Å². The quantitative estimate of drug-likeness (QED) is 0.740. The molecule has 0 aliphatic rings. The molecule has 5 heteroatoms. The van der Waals surface area contributed by atoms with Crippen LogP contribution in [0.4, 0.5) is 0 Å². The molecule has 3 rings (SSSR count). The summed E-state index contributed by atoms with van der Waals surface area (Å²) in [7, 11) is 0. The molecule has 1 heterocycles. The van der Waals surface area contributed by atoms with Gasteiger partial charge in [0.15, 0.2) is 5.82 Å². The summed E-state index contributed by atoms with van der Waals surface area (Å²) < 4.78 is 5.23. The summed E-state index contributed by atoms with van der Waals surface area (Å²) in [5.74, 6) is 1.94. The van der Waals surface area contributed by atoms with Crippen LogP contribution in [0.2, 0.25) is 0 Å². The zero-order valence-corrected chi connectivity index (χ0v) is 11.4. The number of phenols is 1. The minimum Gasteiger partial charge on any atom is -0.507 e. The van der Waals surface area contributed by atoms with E-state index < -0.39 is 0 Å². The van der Waals surface area contributed by atoms with Crippen molar-refractivity contribution in [3.63, 3.8) is 0 Å². The van der Waals surface area contributed by atoms with Crippen molar-refractivity contribution < 1.29 is 9.63 Å². The van der Waals surface area contributed by atoms with Crippen LogP contribution in [0.15, 0.2) is 64.0 Å². The van der Waals surface area contributed by atoms with Crippen molar-refractivity contribution >= 4 is 11.8 Å². The van der Waals surface area contributed by atoms with Crippen molar-refractivity contribution in [3.8, 4) is 17.2 Å². The van der Waals surface area contributed by atoms with Crippen molar-refractivity contribution in [3.05, 3.63) is 60.4 Å². The number of aromatic nitrogens is 2. The molecule has 0 spiro atoms. The first kappa shape index (κ1) is 12.7. The molecule has 0 fully saturated rings. The van der Waals surface area contributed by atoms with E-state index in [0.717, 1.165) is 10.5 Å². The van der Waals surface area contributed by atoms with E-state index in [-0.39, 0.29) is 5.75 Å². The number of phenolic OH excluding ortho intramolecular Hbond substituents is 1. The molecule has 4 nitrogen and oxygen atoms in total. The average Bonchev–Trinajstić information content (AvgIpc) is 2.96.